The highest BCUT2D eigenvalue weighted by Crippen LogP contribution is 2.08. The second-order valence-electron chi connectivity index (χ2n) is 4.48. The van der Waals surface area contributed by atoms with Gasteiger partial charge in [0.05, 0.1) is 12.2 Å². The van der Waals surface area contributed by atoms with E-state index >= 15 is 0 Å². The van der Waals surface area contributed by atoms with Crippen LogP contribution in [0, 0.1) is 6.92 Å². The number of aryl methyl sites for hydroxylation is 2. The third-order valence-corrected chi connectivity index (χ3v) is 2.82. The molecule has 0 radical (unpaired) electrons. The number of amides is 1. The maximum absolute atomic E-state index is 11.9. The van der Waals surface area contributed by atoms with Crippen molar-refractivity contribution < 1.29 is 4.79 Å². The lowest BCUT2D eigenvalue weighted by atomic mass is 10.3. The van der Waals surface area contributed by atoms with Crippen molar-refractivity contribution >= 4 is 5.91 Å². The molecule has 0 fully saturated rings. The molecular weight excluding hydrogens is 244 g/mol. The molecule has 0 unspecified atom stereocenters. The summed E-state index contributed by atoms with van der Waals surface area (Å²) >= 11 is 0. The Morgan fingerprint density at radius 2 is 2.32 bits per heavy atom. The monoisotopic (exact) mass is 262 g/mol. The number of rotatable bonds is 5. The summed E-state index contributed by atoms with van der Waals surface area (Å²) in [6.45, 7) is 6.82. The molecule has 1 N–H and O–H groups in total. The van der Waals surface area contributed by atoms with Crippen LogP contribution in [0.5, 0.6) is 0 Å². The molecule has 0 aromatic carbocycles. The fourth-order valence-electron chi connectivity index (χ4n) is 1.90. The Kier molecular flexibility index (Phi) is 3.94. The first-order valence-corrected chi connectivity index (χ1v) is 6.26. The minimum absolute atomic E-state index is 0.0961. The van der Waals surface area contributed by atoms with E-state index in [9.17, 15) is 4.79 Å². The van der Waals surface area contributed by atoms with Gasteiger partial charge in [0.25, 0.3) is 0 Å². The topological polar surface area (TPSA) is 77.6 Å². The second-order valence-corrected chi connectivity index (χ2v) is 4.48. The summed E-state index contributed by atoms with van der Waals surface area (Å²) in [5, 5.41) is 14.9. The Labute approximate surface area is 111 Å². The van der Waals surface area contributed by atoms with Crippen LogP contribution in [0.4, 0.5) is 0 Å². The number of aromatic nitrogens is 5. The van der Waals surface area contributed by atoms with Gasteiger partial charge in [-0.25, -0.2) is 0 Å². The molecular formula is C12H18N6O. The average Bonchev–Trinajstić information content (AvgIpc) is 2.97. The van der Waals surface area contributed by atoms with Gasteiger partial charge in [-0.2, -0.15) is 5.10 Å². The van der Waals surface area contributed by atoms with Gasteiger partial charge in [0.1, 0.15) is 12.9 Å². The lowest BCUT2D eigenvalue weighted by Gasteiger charge is -2.13. The predicted molar refractivity (Wildman–Crippen MR) is 69.2 cm³/mol. The third kappa shape index (κ3) is 3.18. The standard InChI is InChI=1S/C12H18N6O/c1-4-17-8-13-16-12(17)10(3)15-11(19)7-18-6-9(2)5-14-18/h5-6,8,10H,4,7H2,1-3H3,(H,15,19)/t10-/m0/s1. The molecule has 0 aliphatic carbocycles. The van der Waals surface area contributed by atoms with Gasteiger partial charge in [-0.3, -0.25) is 9.48 Å². The second kappa shape index (κ2) is 5.64. The first kappa shape index (κ1) is 13.3. The molecule has 1 atom stereocenters. The molecule has 102 valence electrons. The van der Waals surface area contributed by atoms with Crippen molar-refractivity contribution in [3.63, 3.8) is 0 Å². The lowest BCUT2D eigenvalue weighted by Crippen LogP contribution is -2.31. The SMILES string of the molecule is CCn1cnnc1[C@H](C)NC(=O)Cn1cc(C)cn1. The zero-order valence-corrected chi connectivity index (χ0v) is 11.4. The summed E-state index contributed by atoms with van der Waals surface area (Å²) in [6.07, 6.45) is 5.22. The van der Waals surface area contributed by atoms with E-state index in [-0.39, 0.29) is 18.5 Å². The number of hydrogen-bond donors (Lipinski definition) is 1. The smallest absolute Gasteiger partial charge is 0.242 e. The van der Waals surface area contributed by atoms with Crippen molar-refractivity contribution in [2.75, 3.05) is 0 Å². The number of hydrogen-bond acceptors (Lipinski definition) is 4. The Bertz CT molecular complexity index is 558. The highest BCUT2D eigenvalue weighted by Gasteiger charge is 2.15. The first-order valence-electron chi connectivity index (χ1n) is 6.26. The molecule has 2 aromatic rings. The van der Waals surface area contributed by atoms with Crippen molar-refractivity contribution in [3.05, 3.63) is 30.1 Å². The van der Waals surface area contributed by atoms with Gasteiger partial charge in [0.2, 0.25) is 5.91 Å². The number of nitrogens with zero attached hydrogens (tertiary/aromatic N) is 5. The normalized spacial score (nSPS) is 12.4. The van der Waals surface area contributed by atoms with Crippen LogP contribution in [0.15, 0.2) is 18.7 Å². The fraction of sp³-hybridized carbons (Fsp3) is 0.500. The largest absolute Gasteiger partial charge is 0.345 e. The highest BCUT2D eigenvalue weighted by atomic mass is 16.2. The summed E-state index contributed by atoms with van der Waals surface area (Å²) in [5.41, 5.74) is 1.03. The molecule has 0 aliphatic heterocycles. The van der Waals surface area contributed by atoms with Crippen molar-refractivity contribution in [2.24, 2.45) is 0 Å². The van der Waals surface area contributed by atoms with Gasteiger partial charge in [-0.1, -0.05) is 0 Å². The third-order valence-electron chi connectivity index (χ3n) is 2.82. The van der Waals surface area contributed by atoms with Crippen molar-refractivity contribution in [1.29, 1.82) is 0 Å². The summed E-state index contributed by atoms with van der Waals surface area (Å²) in [7, 11) is 0. The van der Waals surface area contributed by atoms with Crippen LogP contribution in [-0.2, 0) is 17.9 Å². The summed E-state index contributed by atoms with van der Waals surface area (Å²) in [6, 6.07) is -0.174. The lowest BCUT2D eigenvalue weighted by molar-refractivity contribution is -0.122. The Morgan fingerprint density at radius 1 is 1.53 bits per heavy atom. The van der Waals surface area contributed by atoms with E-state index in [0.29, 0.717) is 0 Å². The molecule has 7 heteroatoms. The minimum atomic E-state index is -0.174. The van der Waals surface area contributed by atoms with Crippen LogP contribution in [0.3, 0.4) is 0 Å². The molecule has 2 aromatic heterocycles. The van der Waals surface area contributed by atoms with Crippen molar-refractivity contribution in [2.45, 2.75) is 39.9 Å². The maximum Gasteiger partial charge on any atom is 0.242 e. The van der Waals surface area contributed by atoms with Crippen LogP contribution in [-0.4, -0.2) is 30.5 Å². The van der Waals surface area contributed by atoms with E-state index in [4.69, 9.17) is 0 Å². The van der Waals surface area contributed by atoms with Crippen LogP contribution in [0.2, 0.25) is 0 Å². The molecule has 0 bridgehead atoms. The molecule has 19 heavy (non-hydrogen) atoms. The first-order chi connectivity index (χ1) is 9.10. The quantitative estimate of drug-likeness (QED) is 0.859. The number of nitrogens with one attached hydrogen (secondary N) is 1. The number of carbonyl (C=O) groups excluding carboxylic acids is 1. The molecule has 0 spiro atoms. The van der Waals surface area contributed by atoms with E-state index in [0.717, 1.165) is 17.9 Å². The van der Waals surface area contributed by atoms with Gasteiger partial charge in [-0.05, 0) is 26.3 Å². The van der Waals surface area contributed by atoms with Gasteiger partial charge in [-0.15, -0.1) is 10.2 Å². The molecule has 2 heterocycles. The molecule has 2 rings (SSSR count). The maximum atomic E-state index is 11.9. The minimum Gasteiger partial charge on any atom is -0.345 e. The van der Waals surface area contributed by atoms with Crippen molar-refractivity contribution in [1.82, 2.24) is 29.9 Å². The van der Waals surface area contributed by atoms with Gasteiger partial charge in [0.15, 0.2) is 5.82 Å². The van der Waals surface area contributed by atoms with Crippen LogP contribution < -0.4 is 5.32 Å². The Hall–Kier alpha value is -2.18. The zero-order chi connectivity index (χ0) is 13.8. The Morgan fingerprint density at radius 3 is 2.95 bits per heavy atom. The fourth-order valence-corrected chi connectivity index (χ4v) is 1.90. The zero-order valence-electron chi connectivity index (χ0n) is 11.4. The summed E-state index contributed by atoms with van der Waals surface area (Å²) in [4.78, 5) is 11.9. The summed E-state index contributed by atoms with van der Waals surface area (Å²) < 4.78 is 3.52. The van der Waals surface area contributed by atoms with Gasteiger partial charge in [0, 0.05) is 12.7 Å². The van der Waals surface area contributed by atoms with Crippen LogP contribution in [0.1, 0.15) is 31.3 Å². The van der Waals surface area contributed by atoms with E-state index < -0.39 is 0 Å². The van der Waals surface area contributed by atoms with E-state index in [1.54, 1.807) is 17.2 Å². The van der Waals surface area contributed by atoms with Crippen molar-refractivity contribution in [3.8, 4) is 0 Å². The predicted octanol–water partition coefficient (Wildman–Crippen LogP) is 0.680. The average molecular weight is 262 g/mol. The highest BCUT2D eigenvalue weighted by molar-refractivity contribution is 5.76. The van der Waals surface area contributed by atoms with Crippen LogP contribution in [0.25, 0.3) is 0 Å². The number of carbonyl (C=O) groups is 1. The van der Waals surface area contributed by atoms with Gasteiger partial charge < -0.3 is 9.88 Å². The van der Waals surface area contributed by atoms with E-state index in [1.165, 1.54) is 0 Å². The molecule has 7 nitrogen and oxygen atoms in total. The molecule has 0 saturated carbocycles. The van der Waals surface area contributed by atoms with Gasteiger partial charge >= 0.3 is 0 Å². The summed E-state index contributed by atoms with van der Waals surface area (Å²) in [5.74, 6) is 0.661. The Balaban J connectivity index is 1.95. The van der Waals surface area contributed by atoms with Crippen LogP contribution >= 0.6 is 0 Å². The molecule has 0 aliphatic rings. The molecule has 0 saturated heterocycles. The van der Waals surface area contributed by atoms with E-state index in [1.807, 2.05) is 31.5 Å². The molecule has 1 amide bonds. The van der Waals surface area contributed by atoms with E-state index in [2.05, 4.69) is 20.6 Å².